The van der Waals surface area contributed by atoms with Crippen LogP contribution in [0.2, 0.25) is 0 Å². The van der Waals surface area contributed by atoms with Crippen molar-refractivity contribution < 1.29 is 27.4 Å². The summed E-state index contributed by atoms with van der Waals surface area (Å²) in [6, 6.07) is 3.68. The van der Waals surface area contributed by atoms with E-state index >= 15 is 0 Å². The van der Waals surface area contributed by atoms with Crippen LogP contribution in [-0.4, -0.2) is 71.6 Å². The Morgan fingerprint density at radius 1 is 1.13 bits per heavy atom. The molecule has 0 radical (unpaired) electrons. The van der Waals surface area contributed by atoms with Gasteiger partial charge in [-0.2, -0.15) is 13.2 Å². The molecule has 172 valence electrons. The lowest BCUT2D eigenvalue weighted by molar-refractivity contribution is -0.143. The zero-order valence-electron chi connectivity index (χ0n) is 17.6. The van der Waals surface area contributed by atoms with Crippen molar-refractivity contribution in [2.45, 2.75) is 19.1 Å². The van der Waals surface area contributed by atoms with Crippen LogP contribution in [-0.2, 0) is 6.54 Å². The molecule has 1 heterocycles. The van der Waals surface area contributed by atoms with Crippen LogP contribution < -0.4 is 24.8 Å². The molecule has 0 saturated carbocycles. The smallest absolute Gasteiger partial charge is 0.401 e. The van der Waals surface area contributed by atoms with Gasteiger partial charge in [-0.05, 0) is 36.6 Å². The molecule has 0 bridgehead atoms. The molecule has 1 fully saturated rings. The lowest BCUT2D eigenvalue weighted by Crippen LogP contribution is -2.40. The van der Waals surface area contributed by atoms with Gasteiger partial charge in [-0.15, -0.1) is 24.0 Å². The van der Waals surface area contributed by atoms with Gasteiger partial charge in [0.2, 0.25) is 5.75 Å². The second-order valence-electron chi connectivity index (χ2n) is 6.85. The van der Waals surface area contributed by atoms with Crippen molar-refractivity contribution in [1.82, 2.24) is 15.5 Å². The summed E-state index contributed by atoms with van der Waals surface area (Å²) in [7, 11) is 6.30. The van der Waals surface area contributed by atoms with E-state index < -0.39 is 12.7 Å². The minimum Gasteiger partial charge on any atom is -0.493 e. The van der Waals surface area contributed by atoms with E-state index in [0.717, 1.165) is 12.0 Å². The molecule has 0 amide bonds. The number of benzene rings is 1. The van der Waals surface area contributed by atoms with Crippen LogP contribution in [0.3, 0.4) is 0 Å². The molecular weight excluding hydrogens is 516 g/mol. The third kappa shape index (κ3) is 7.89. The van der Waals surface area contributed by atoms with Crippen molar-refractivity contribution in [1.29, 1.82) is 0 Å². The first-order valence-corrected chi connectivity index (χ1v) is 9.32. The molecule has 1 aliphatic rings. The highest BCUT2D eigenvalue weighted by molar-refractivity contribution is 14.0. The van der Waals surface area contributed by atoms with E-state index in [4.69, 9.17) is 14.2 Å². The van der Waals surface area contributed by atoms with Crippen molar-refractivity contribution in [2.24, 2.45) is 10.9 Å². The number of aliphatic imine (C=N–C) groups is 1. The van der Waals surface area contributed by atoms with Gasteiger partial charge in [-0.3, -0.25) is 9.89 Å². The third-order valence-electron chi connectivity index (χ3n) is 4.74. The van der Waals surface area contributed by atoms with E-state index in [1.807, 2.05) is 12.1 Å². The van der Waals surface area contributed by atoms with Gasteiger partial charge in [0.15, 0.2) is 17.5 Å². The van der Waals surface area contributed by atoms with Crippen molar-refractivity contribution in [3.05, 3.63) is 17.7 Å². The number of hydrogen-bond donors (Lipinski definition) is 2. The molecule has 1 aliphatic heterocycles. The Kier molecular flexibility index (Phi) is 10.8. The van der Waals surface area contributed by atoms with Crippen LogP contribution >= 0.6 is 24.0 Å². The minimum atomic E-state index is -4.15. The Morgan fingerprint density at radius 2 is 1.77 bits per heavy atom. The number of guanidine groups is 1. The minimum absolute atomic E-state index is 0. The lowest BCUT2D eigenvalue weighted by Gasteiger charge is -2.19. The van der Waals surface area contributed by atoms with E-state index in [-0.39, 0.29) is 29.9 Å². The maximum atomic E-state index is 12.5. The molecule has 0 aliphatic carbocycles. The third-order valence-corrected chi connectivity index (χ3v) is 4.74. The quantitative estimate of drug-likeness (QED) is 0.297. The summed E-state index contributed by atoms with van der Waals surface area (Å²) in [5.74, 6) is 2.36. The number of halogens is 4. The summed E-state index contributed by atoms with van der Waals surface area (Å²) in [5.41, 5.74) is 0.902. The Morgan fingerprint density at radius 3 is 2.27 bits per heavy atom. The van der Waals surface area contributed by atoms with Gasteiger partial charge in [-0.1, -0.05) is 0 Å². The normalized spacial score (nSPS) is 17.3. The maximum Gasteiger partial charge on any atom is 0.401 e. The van der Waals surface area contributed by atoms with Crippen LogP contribution in [0.4, 0.5) is 13.2 Å². The molecule has 0 spiro atoms. The summed E-state index contributed by atoms with van der Waals surface area (Å²) in [6.45, 7) is 1.06. The van der Waals surface area contributed by atoms with Crippen molar-refractivity contribution in [2.75, 3.05) is 54.6 Å². The number of likely N-dealkylation sites (tertiary alicyclic amines) is 1. The Bertz CT molecular complexity index is 679. The first-order valence-electron chi connectivity index (χ1n) is 9.32. The van der Waals surface area contributed by atoms with E-state index in [1.165, 1.54) is 4.90 Å². The summed E-state index contributed by atoms with van der Waals surface area (Å²) in [5, 5.41) is 6.38. The molecule has 2 N–H and O–H groups in total. The van der Waals surface area contributed by atoms with Gasteiger partial charge < -0.3 is 24.8 Å². The predicted octanol–water partition coefficient (Wildman–Crippen LogP) is 2.88. The summed E-state index contributed by atoms with van der Waals surface area (Å²) < 4.78 is 53.5. The van der Waals surface area contributed by atoms with E-state index in [2.05, 4.69) is 15.6 Å². The number of rotatable bonds is 8. The first kappa shape index (κ1) is 26.4. The fraction of sp³-hybridized carbons (Fsp3) is 0.632. The number of hydrogen-bond acceptors (Lipinski definition) is 5. The van der Waals surface area contributed by atoms with E-state index in [1.54, 1.807) is 28.4 Å². The second kappa shape index (κ2) is 12.3. The van der Waals surface area contributed by atoms with E-state index in [9.17, 15) is 13.2 Å². The highest BCUT2D eigenvalue weighted by atomic mass is 127. The molecule has 2 rings (SSSR count). The van der Waals surface area contributed by atoms with Gasteiger partial charge in [0.1, 0.15) is 0 Å². The van der Waals surface area contributed by atoms with Gasteiger partial charge in [0.25, 0.3) is 0 Å². The molecule has 0 aromatic heterocycles. The topological polar surface area (TPSA) is 67.4 Å². The molecular formula is C19H30F3IN4O3. The number of ether oxygens (including phenoxy) is 3. The number of nitrogens with one attached hydrogen (secondary N) is 2. The predicted molar refractivity (Wildman–Crippen MR) is 120 cm³/mol. The standard InChI is InChI=1S/C19H29F3N4O3.HI/c1-23-18(24-9-13-5-6-26(11-13)12-19(20,21)22)25-10-14-7-15(27-2)17(29-4)16(8-14)28-3;/h7-8,13H,5-6,9-12H2,1-4H3,(H2,23,24,25);1H. The SMILES string of the molecule is CN=C(NCc1cc(OC)c(OC)c(OC)c1)NCC1CCN(CC(F)(F)F)C1.I. The maximum absolute atomic E-state index is 12.5. The number of methoxy groups -OCH3 is 3. The van der Waals surface area contributed by atoms with Crippen LogP contribution in [0.5, 0.6) is 17.2 Å². The Hall–Kier alpha value is -1.63. The average Bonchev–Trinajstić information content (AvgIpc) is 3.12. The van der Waals surface area contributed by atoms with Gasteiger partial charge >= 0.3 is 6.18 Å². The highest BCUT2D eigenvalue weighted by Gasteiger charge is 2.34. The van der Waals surface area contributed by atoms with Gasteiger partial charge in [-0.25, -0.2) is 0 Å². The van der Waals surface area contributed by atoms with Crippen LogP contribution in [0, 0.1) is 5.92 Å². The molecule has 11 heteroatoms. The van der Waals surface area contributed by atoms with Gasteiger partial charge in [0, 0.05) is 26.7 Å². The molecule has 1 atom stereocenters. The largest absolute Gasteiger partial charge is 0.493 e. The number of nitrogens with zero attached hydrogens (tertiary/aromatic N) is 2. The first-order chi connectivity index (χ1) is 13.8. The monoisotopic (exact) mass is 546 g/mol. The number of alkyl halides is 3. The Balaban J connectivity index is 0.00000450. The summed E-state index contributed by atoms with van der Waals surface area (Å²) in [6.07, 6.45) is -3.42. The zero-order chi connectivity index (χ0) is 21.4. The lowest BCUT2D eigenvalue weighted by atomic mass is 10.1. The molecule has 1 aromatic rings. The van der Waals surface area contributed by atoms with Crippen LogP contribution in [0.15, 0.2) is 17.1 Å². The Labute approximate surface area is 192 Å². The molecule has 30 heavy (non-hydrogen) atoms. The molecule has 1 unspecified atom stereocenters. The summed E-state index contributed by atoms with van der Waals surface area (Å²) >= 11 is 0. The molecule has 1 saturated heterocycles. The second-order valence-corrected chi connectivity index (χ2v) is 6.85. The fourth-order valence-electron chi connectivity index (χ4n) is 3.36. The van der Waals surface area contributed by atoms with E-state index in [0.29, 0.717) is 49.4 Å². The van der Waals surface area contributed by atoms with Gasteiger partial charge in [0.05, 0.1) is 27.9 Å². The fourth-order valence-corrected chi connectivity index (χ4v) is 3.36. The molecule has 1 aromatic carbocycles. The van der Waals surface area contributed by atoms with Crippen LogP contribution in [0.25, 0.3) is 0 Å². The summed E-state index contributed by atoms with van der Waals surface area (Å²) in [4.78, 5) is 5.62. The molecule has 7 nitrogen and oxygen atoms in total. The highest BCUT2D eigenvalue weighted by Crippen LogP contribution is 2.38. The average molecular weight is 546 g/mol. The van der Waals surface area contributed by atoms with Crippen molar-refractivity contribution in [3.63, 3.8) is 0 Å². The zero-order valence-corrected chi connectivity index (χ0v) is 20.0. The van der Waals surface area contributed by atoms with Crippen LogP contribution in [0.1, 0.15) is 12.0 Å². The van der Waals surface area contributed by atoms with Crippen molar-refractivity contribution >= 4 is 29.9 Å². The van der Waals surface area contributed by atoms with Crippen molar-refractivity contribution in [3.8, 4) is 17.2 Å².